The molecule has 2 aliphatic heterocycles. The number of hydrogen-bond acceptors (Lipinski definition) is 7. The molecule has 0 aliphatic carbocycles. The van der Waals surface area contributed by atoms with Gasteiger partial charge in [-0.15, -0.1) is 0 Å². The second kappa shape index (κ2) is 12.1. The van der Waals surface area contributed by atoms with E-state index in [-0.39, 0.29) is 44.2 Å². The third-order valence-electron chi connectivity index (χ3n) is 6.16. The molecule has 10 heteroatoms. The Morgan fingerprint density at radius 1 is 1.00 bits per heavy atom. The molecule has 0 aromatic heterocycles. The van der Waals surface area contributed by atoms with Crippen LogP contribution in [0, 0.1) is 5.92 Å². The highest BCUT2D eigenvalue weighted by Crippen LogP contribution is 2.25. The zero-order valence-corrected chi connectivity index (χ0v) is 21.7. The van der Waals surface area contributed by atoms with Gasteiger partial charge in [0.15, 0.2) is 6.61 Å². The highest BCUT2D eigenvalue weighted by molar-refractivity contribution is 6.04. The lowest BCUT2D eigenvalue weighted by Gasteiger charge is -2.36. The molecule has 2 fully saturated rings. The number of carbonyl (C=O) groups excluding carboxylic acids is 4. The monoisotopic (exact) mass is 503 g/mol. The van der Waals surface area contributed by atoms with Crippen molar-refractivity contribution in [3.63, 3.8) is 0 Å². The van der Waals surface area contributed by atoms with E-state index in [2.05, 4.69) is 0 Å². The topological polar surface area (TPSA) is 106 Å². The van der Waals surface area contributed by atoms with Crippen LogP contribution in [0.5, 0.6) is 5.75 Å². The number of ether oxygens (including phenoxy) is 3. The van der Waals surface area contributed by atoms with Crippen LogP contribution < -0.4 is 9.64 Å². The van der Waals surface area contributed by atoms with Gasteiger partial charge in [-0.25, -0.2) is 9.59 Å². The Hall–Kier alpha value is -3.30. The minimum absolute atomic E-state index is 0.0149. The molecule has 1 aromatic rings. The summed E-state index contributed by atoms with van der Waals surface area (Å²) in [5, 5.41) is 0. The lowest BCUT2D eigenvalue weighted by molar-refractivity contribution is -0.145. The van der Waals surface area contributed by atoms with E-state index in [1.165, 1.54) is 4.90 Å². The smallest absolute Gasteiger partial charge is 0.410 e. The first-order chi connectivity index (χ1) is 17.1. The highest BCUT2D eigenvalue weighted by atomic mass is 16.6. The predicted molar refractivity (Wildman–Crippen MR) is 133 cm³/mol. The standard InChI is InChI=1S/C26H37N3O7/c1-5-34-24(32)18-35-21-8-6-20(7-9-21)29-17-22(30)28(16-23(29)31)15-12-19-10-13-27(14-11-19)25(33)36-26(2,3)4/h6-9,19H,5,10-18H2,1-4H3. The Bertz CT molecular complexity index is 934. The molecule has 2 aliphatic rings. The molecule has 10 nitrogen and oxygen atoms in total. The van der Waals surface area contributed by atoms with Crippen LogP contribution >= 0.6 is 0 Å². The van der Waals surface area contributed by atoms with Gasteiger partial charge in [-0.1, -0.05) is 0 Å². The first-order valence-electron chi connectivity index (χ1n) is 12.5. The van der Waals surface area contributed by atoms with E-state index in [0.717, 1.165) is 19.3 Å². The molecular weight excluding hydrogens is 466 g/mol. The lowest BCUT2D eigenvalue weighted by Crippen LogP contribution is -2.54. The minimum atomic E-state index is -0.511. The summed E-state index contributed by atoms with van der Waals surface area (Å²) in [5.74, 6) is 0.179. The van der Waals surface area contributed by atoms with E-state index >= 15 is 0 Å². The fraction of sp³-hybridized carbons (Fsp3) is 0.615. The van der Waals surface area contributed by atoms with Gasteiger partial charge in [0.25, 0.3) is 0 Å². The van der Waals surface area contributed by atoms with Crippen LogP contribution in [-0.2, 0) is 23.9 Å². The molecule has 36 heavy (non-hydrogen) atoms. The quantitative estimate of drug-likeness (QED) is 0.502. The van der Waals surface area contributed by atoms with Crippen molar-refractivity contribution in [2.45, 2.75) is 52.6 Å². The van der Waals surface area contributed by atoms with Crippen molar-refractivity contribution in [2.75, 3.05) is 50.8 Å². The van der Waals surface area contributed by atoms with Crippen LogP contribution in [0.4, 0.5) is 10.5 Å². The molecular formula is C26H37N3O7. The summed E-state index contributed by atoms with van der Waals surface area (Å²) >= 11 is 0. The number of amides is 3. The maximum Gasteiger partial charge on any atom is 0.410 e. The van der Waals surface area contributed by atoms with Gasteiger partial charge in [0.1, 0.15) is 24.4 Å². The fourth-order valence-corrected chi connectivity index (χ4v) is 4.24. The predicted octanol–water partition coefficient (Wildman–Crippen LogP) is 2.84. The van der Waals surface area contributed by atoms with Gasteiger partial charge in [0, 0.05) is 25.3 Å². The molecule has 0 spiro atoms. The Morgan fingerprint density at radius 3 is 2.28 bits per heavy atom. The van der Waals surface area contributed by atoms with Crippen molar-refractivity contribution >= 4 is 29.6 Å². The van der Waals surface area contributed by atoms with E-state index in [9.17, 15) is 19.2 Å². The van der Waals surface area contributed by atoms with Crippen LogP contribution in [0.25, 0.3) is 0 Å². The molecule has 0 saturated carbocycles. The molecule has 0 atom stereocenters. The average Bonchev–Trinajstić information content (AvgIpc) is 2.83. The van der Waals surface area contributed by atoms with E-state index in [4.69, 9.17) is 14.2 Å². The molecule has 0 radical (unpaired) electrons. The number of likely N-dealkylation sites (tertiary alicyclic amines) is 1. The number of esters is 1. The maximum absolute atomic E-state index is 12.8. The number of nitrogens with zero attached hydrogens (tertiary/aromatic N) is 3. The fourth-order valence-electron chi connectivity index (χ4n) is 4.24. The third kappa shape index (κ3) is 7.86. The summed E-state index contributed by atoms with van der Waals surface area (Å²) in [6.07, 6.45) is 2.22. The second-order valence-corrected chi connectivity index (χ2v) is 10.1. The Morgan fingerprint density at radius 2 is 1.67 bits per heavy atom. The average molecular weight is 504 g/mol. The Labute approximate surface area is 212 Å². The van der Waals surface area contributed by atoms with Crippen LogP contribution in [0.1, 0.15) is 47.0 Å². The first kappa shape index (κ1) is 27.3. The van der Waals surface area contributed by atoms with Crippen LogP contribution in [0.3, 0.4) is 0 Å². The minimum Gasteiger partial charge on any atom is -0.482 e. The number of carbonyl (C=O) groups is 4. The second-order valence-electron chi connectivity index (χ2n) is 10.1. The van der Waals surface area contributed by atoms with Gasteiger partial charge in [-0.05, 0) is 77.1 Å². The zero-order chi connectivity index (χ0) is 26.3. The van der Waals surface area contributed by atoms with Gasteiger partial charge >= 0.3 is 12.1 Å². The van der Waals surface area contributed by atoms with E-state index in [1.807, 2.05) is 20.8 Å². The summed E-state index contributed by atoms with van der Waals surface area (Å²) < 4.78 is 15.6. The number of piperazine rings is 1. The number of benzene rings is 1. The zero-order valence-electron chi connectivity index (χ0n) is 21.7. The van der Waals surface area contributed by atoms with E-state index in [0.29, 0.717) is 37.0 Å². The summed E-state index contributed by atoms with van der Waals surface area (Å²) in [6.45, 7) is 9.21. The van der Waals surface area contributed by atoms with E-state index < -0.39 is 11.6 Å². The molecule has 2 heterocycles. The number of rotatable bonds is 8. The molecule has 3 rings (SSSR count). The molecule has 0 N–H and O–H groups in total. The SMILES string of the molecule is CCOC(=O)COc1ccc(N2CC(=O)N(CCC3CCN(C(=O)OC(C)(C)C)CC3)CC2=O)cc1. The lowest BCUT2D eigenvalue weighted by atomic mass is 9.93. The first-order valence-corrected chi connectivity index (χ1v) is 12.5. The van der Waals surface area contributed by atoms with Gasteiger partial charge in [0.2, 0.25) is 11.8 Å². The van der Waals surface area contributed by atoms with Gasteiger partial charge in [-0.3, -0.25) is 9.59 Å². The van der Waals surface area contributed by atoms with Crippen molar-refractivity contribution in [2.24, 2.45) is 5.92 Å². The normalized spacial score (nSPS) is 17.3. The summed E-state index contributed by atoms with van der Waals surface area (Å²) in [5.41, 5.74) is 0.0918. The summed E-state index contributed by atoms with van der Waals surface area (Å²) in [6, 6.07) is 6.70. The van der Waals surface area contributed by atoms with Crippen LogP contribution in [0.15, 0.2) is 24.3 Å². The van der Waals surface area contributed by atoms with Crippen LogP contribution in [0.2, 0.25) is 0 Å². The molecule has 1 aromatic carbocycles. The molecule has 2 saturated heterocycles. The van der Waals surface area contributed by atoms with Gasteiger partial charge in [0.05, 0.1) is 6.61 Å². The Kier molecular flexibility index (Phi) is 9.17. The summed E-state index contributed by atoms with van der Waals surface area (Å²) in [7, 11) is 0. The molecule has 3 amide bonds. The summed E-state index contributed by atoms with van der Waals surface area (Å²) in [4.78, 5) is 54.0. The highest BCUT2D eigenvalue weighted by Gasteiger charge is 2.32. The van der Waals surface area contributed by atoms with Crippen molar-refractivity contribution in [1.82, 2.24) is 9.80 Å². The molecule has 0 bridgehead atoms. The maximum atomic E-state index is 12.8. The van der Waals surface area contributed by atoms with Gasteiger partial charge < -0.3 is 28.9 Å². The van der Waals surface area contributed by atoms with Crippen LogP contribution in [-0.4, -0.2) is 85.2 Å². The van der Waals surface area contributed by atoms with Crippen molar-refractivity contribution in [3.8, 4) is 5.75 Å². The van der Waals surface area contributed by atoms with Crippen molar-refractivity contribution in [1.29, 1.82) is 0 Å². The molecule has 0 unspecified atom stereocenters. The molecule has 198 valence electrons. The number of anilines is 1. The number of hydrogen-bond donors (Lipinski definition) is 0. The van der Waals surface area contributed by atoms with Crippen molar-refractivity contribution < 1.29 is 33.4 Å². The largest absolute Gasteiger partial charge is 0.482 e. The third-order valence-corrected chi connectivity index (χ3v) is 6.16. The van der Waals surface area contributed by atoms with E-state index in [1.54, 1.807) is 41.0 Å². The van der Waals surface area contributed by atoms with Gasteiger partial charge in [-0.2, -0.15) is 0 Å². The Balaban J connectivity index is 1.43. The number of piperidine rings is 1. The van der Waals surface area contributed by atoms with Crippen molar-refractivity contribution in [3.05, 3.63) is 24.3 Å².